The van der Waals surface area contributed by atoms with Crippen LogP contribution in [0.5, 0.6) is 0 Å². The topological polar surface area (TPSA) is 83.5 Å². The molecule has 0 spiro atoms. The molecule has 2 rings (SSSR count). The van der Waals surface area contributed by atoms with Gasteiger partial charge < -0.3 is 5.11 Å². The molecule has 110 valence electrons. The highest BCUT2D eigenvalue weighted by Crippen LogP contribution is 2.16. The molecule has 0 aromatic heterocycles. The van der Waals surface area contributed by atoms with Crippen LogP contribution in [0.25, 0.3) is 16.8 Å². The summed E-state index contributed by atoms with van der Waals surface area (Å²) in [7, 11) is -3.61. The van der Waals surface area contributed by atoms with E-state index in [0.717, 1.165) is 16.3 Å². The third kappa shape index (κ3) is 4.70. The van der Waals surface area contributed by atoms with Crippen LogP contribution in [0.15, 0.2) is 48.5 Å². The van der Waals surface area contributed by atoms with Gasteiger partial charge in [-0.05, 0) is 22.4 Å². The number of carbonyl (C=O) groups is 1. The first-order valence-electron chi connectivity index (χ1n) is 6.31. The number of benzene rings is 2. The fraction of sp³-hybridized carbons (Fsp3) is 0.133. The molecule has 21 heavy (non-hydrogen) atoms. The number of carboxylic acids is 1. The third-order valence-corrected chi connectivity index (χ3v) is 4.06. The minimum absolute atomic E-state index is 0.257. The second-order valence-electron chi connectivity index (χ2n) is 4.51. The van der Waals surface area contributed by atoms with Crippen molar-refractivity contribution in [2.24, 2.45) is 0 Å². The van der Waals surface area contributed by atoms with Gasteiger partial charge in [0.1, 0.15) is 6.54 Å². The lowest BCUT2D eigenvalue weighted by Crippen LogP contribution is -2.30. The van der Waals surface area contributed by atoms with Crippen molar-refractivity contribution in [1.29, 1.82) is 0 Å². The highest BCUT2D eigenvalue weighted by molar-refractivity contribution is 7.89. The van der Waals surface area contributed by atoms with Crippen molar-refractivity contribution in [1.82, 2.24) is 4.72 Å². The summed E-state index contributed by atoms with van der Waals surface area (Å²) in [6.07, 6.45) is 3.20. The zero-order valence-corrected chi connectivity index (χ0v) is 12.0. The second kappa shape index (κ2) is 6.51. The normalized spacial score (nSPS) is 12.0. The average molecular weight is 305 g/mol. The lowest BCUT2D eigenvalue weighted by molar-refractivity contribution is -0.135. The highest BCUT2D eigenvalue weighted by atomic mass is 32.2. The standard InChI is InChI=1S/C15H15NO4S/c17-15(18)11-16-21(19,20)9-3-4-12-7-8-13-5-1-2-6-14(13)10-12/h1-8,10,16H,9,11H2,(H,17,18). The number of rotatable bonds is 6. The summed E-state index contributed by atoms with van der Waals surface area (Å²) in [4.78, 5) is 10.3. The molecule has 0 saturated heterocycles. The maximum absolute atomic E-state index is 11.5. The van der Waals surface area contributed by atoms with E-state index in [4.69, 9.17) is 5.11 Å². The summed E-state index contributed by atoms with van der Waals surface area (Å²) in [5, 5.41) is 10.6. The zero-order chi connectivity index (χ0) is 15.3. The van der Waals surface area contributed by atoms with E-state index in [1.807, 2.05) is 47.2 Å². The summed E-state index contributed by atoms with van der Waals surface area (Å²) in [6, 6.07) is 13.7. The predicted molar refractivity (Wildman–Crippen MR) is 82.4 cm³/mol. The lowest BCUT2D eigenvalue weighted by Gasteiger charge is -2.01. The van der Waals surface area contributed by atoms with Gasteiger partial charge >= 0.3 is 5.97 Å². The first kappa shape index (κ1) is 15.2. The quantitative estimate of drug-likeness (QED) is 0.853. The van der Waals surface area contributed by atoms with Crippen molar-refractivity contribution < 1.29 is 18.3 Å². The van der Waals surface area contributed by atoms with Crippen LogP contribution in [-0.2, 0) is 14.8 Å². The Bertz CT molecular complexity index is 781. The van der Waals surface area contributed by atoms with E-state index in [-0.39, 0.29) is 5.75 Å². The van der Waals surface area contributed by atoms with E-state index in [2.05, 4.69) is 0 Å². The van der Waals surface area contributed by atoms with Crippen molar-refractivity contribution in [2.75, 3.05) is 12.3 Å². The predicted octanol–water partition coefficient (Wildman–Crippen LogP) is 1.86. The molecular formula is C15H15NO4S. The molecular weight excluding hydrogens is 290 g/mol. The second-order valence-corrected chi connectivity index (χ2v) is 6.36. The van der Waals surface area contributed by atoms with E-state index >= 15 is 0 Å². The summed E-state index contributed by atoms with van der Waals surface area (Å²) in [5.41, 5.74) is 0.891. The van der Waals surface area contributed by atoms with Crippen LogP contribution in [0.3, 0.4) is 0 Å². The molecule has 6 heteroatoms. The molecule has 0 aliphatic rings. The van der Waals surface area contributed by atoms with E-state index in [1.165, 1.54) is 6.08 Å². The Morgan fingerprint density at radius 1 is 1.14 bits per heavy atom. The van der Waals surface area contributed by atoms with Crippen LogP contribution in [0, 0.1) is 0 Å². The molecule has 5 nitrogen and oxygen atoms in total. The molecule has 2 aromatic carbocycles. The zero-order valence-electron chi connectivity index (χ0n) is 11.2. The van der Waals surface area contributed by atoms with Crippen LogP contribution < -0.4 is 4.72 Å². The number of fused-ring (bicyclic) bond motifs is 1. The van der Waals surface area contributed by atoms with Crippen LogP contribution in [0.4, 0.5) is 0 Å². The smallest absolute Gasteiger partial charge is 0.318 e. The largest absolute Gasteiger partial charge is 0.480 e. The summed E-state index contributed by atoms with van der Waals surface area (Å²) < 4.78 is 25.0. The number of aliphatic carboxylic acids is 1. The number of hydrogen-bond donors (Lipinski definition) is 2. The number of hydrogen-bond acceptors (Lipinski definition) is 3. The maximum Gasteiger partial charge on any atom is 0.318 e. The lowest BCUT2D eigenvalue weighted by atomic mass is 10.1. The first-order chi connectivity index (χ1) is 9.96. The molecule has 0 fully saturated rings. The molecule has 0 atom stereocenters. The number of nitrogens with one attached hydrogen (secondary N) is 1. The Labute approximate surface area is 123 Å². The number of sulfonamides is 1. The molecule has 0 aliphatic heterocycles. The Morgan fingerprint density at radius 2 is 1.86 bits per heavy atom. The Kier molecular flexibility index (Phi) is 4.72. The van der Waals surface area contributed by atoms with Crippen LogP contribution in [-0.4, -0.2) is 31.8 Å². The van der Waals surface area contributed by atoms with Gasteiger partial charge in [0.15, 0.2) is 0 Å². The van der Waals surface area contributed by atoms with Gasteiger partial charge in [-0.15, -0.1) is 0 Å². The summed E-state index contributed by atoms with van der Waals surface area (Å²) in [5.74, 6) is -1.47. The SMILES string of the molecule is O=C(O)CNS(=O)(=O)CC=Cc1ccc2ccccc2c1. The van der Waals surface area contributed by atoms with Gasteiger partial charge in [-0.2, -0.15) is 0 Å². The average Bonchev–Trinajstić information content (AvgIpc) is 2.45. The number of carboxylic acid groups (broad SMARTS) is 1. The maximum atomic E-state index is 11.5. The van der Waals surface area contributed by atoms with Gasteiger partial charge in [-0.25, -0.2) is 13.1 Å². The molecule has 2 N–H and O–H groups in total. The molecule has 0 heterocycles. The molecule has 0 radical (unpaired) electrons. The Morgan fingerprint density at radius 3 is 2.57 bits per heavy atom. The van der Waals surface area contributed by atoms with Crippen molar-refractivity contribution >= 4 is 32.8 Å². The fourth-order valence-corrected chi connectivity index (χ4v) is 2.66. The van der Waals surface area contributed by atoms with Gasteiger partial charge in [0.05, 0.1) is 5.75 Å². The van der Waals surface area contributed by atoms with E-state index in [1.54, 1.807) is 6.08 Å². The fourth-order valence-electron chi connectivity index (χ4n) is 1.85. The molecule has 0 saturated carbocycles. The van der Waals surface area contributed by atoms with Crippen LogP contribution in [0.1, 0.15) is 5.56 Å². The van der Waals surface area contributed by atoms with Crippen molar-refractivity contribution in [3.63, 3.8) is 0 Å². The van der Waals surface area contributed by atoms with E-state index in [9.17, 15) is 13.2 Å². The van der Waals surface area contributed by atoms with Gasteiger partial charge in [0, 0.05) is 0 Å². The Hall–Kier alpha value is -2.18. The van der Waals surface area contributed by atoms with Gasteiger partial charge in [-0.1, -0.05) is 48.6 Å². The summed E-state index contributed by atoms with van der Waals surface area (Å²) >= 11 is 0. The minimum Gasteiger partial charge on any atom is -0.480 e. The molecule has 0 aliphatic carbocycles. The minimum atomic E-state index is -3.61. The van der Waals surface area contributed by atoms with Crippen molar-refractivity contribution in [3.8, 4) is 0 Å². The molecule has 2 aromatic rings. The molecule has 0 bridgehead atoms. The molecule has 0 unspecified atom stereocenters. The van der Waals surface area contributed by atoms with Gasteiger partial charge in [0.25, 0.3) is 0 Å². The van der Waals surface area contributed by atoms with E-state index in [0.29, 0.717) is 0 Å². The highest BCUT2D eigenvalue weighted by Gasteiger charge is 2.09. The first-order valence-corrected chi connectivity index (χ1v) is 7.96. The summed E-state index contributed by atoms with van der Waals surface area (Å²) in [6.45, 7) is -0.605. The van der Waals surface area contributed by atoms with Crippen LogP contribution in [0.2, 0.25) is 0 Å². The van der Waals surface area contributed by atoms with E-state index < -0.39 is 22.5 Å². The van der Waals surface area contributed by atoms with Crippen molar-refractivity contribution in [2.45, 2.75) is 0 Å². The third-order valence-electron chi connectivity index (χ3n) is 2.84. The monoisotopic (exact) mass is 305 g/mol. The van der Waals surface area contributed by atoms with Crippen molar-refractivity contribution in [3.05, 3.63) is 54.1 Å². The van der Waals surface area contributed by atoms with Gasteiger partial charge in [0.2, 0.25) is 10.0 Å². The molecule has 0 amide bonds. The van der Waals surface area contributed by atoms with Gasteiger partial charge in [-0.3, -0.25) is 4.79 Å². The van der Waals surface area contributed by atoms with Crippen LogP contribution >= 0.6 is 0 Å². The Balaban J connectivity index is 2.04.